The number of carbonyl (C=O) groups is 1. The third-order valence-corrected chi connectivity index (χ3v) is 6.22. The van der Waals surface area contributed by atoms with Crippen LogP contribution in [0.4, 0.5) is 10.9 Å². The Balaban J connectivity index is 2.16. The van der Waals surface area contributed by atoms with Crippen LogP contribution in [-0.2, 0) is 10.0 Å². The van der Waals surface area contributed by atoms with Gasteiger partial charge in [0, 0.05) is 23.3 Å². The lowest BCUT2D eigenvalue weighted by molar-refractivity contribution is 0.1000. The molecule has 0 bridgehead atoms. The lowest BCUT2D eigenvalue weighted by Gasteiger charge is -2.22. The minimum absolute atomic E-state index is 0.0134. The highest BCUT2D eigenvalue weighted by Crippen LogP contribution is 2.34. The highest BCUT2D eigenvalue weighted by atomic mass is 32.2. The molecular weight excluding hydrogens is 372 g/mol. The Kier molecular flexibility index (Phi) is 4.75. The summed E-state index contributed by atoms with van der Waals surface area (Å²) >= 11 is 1.19. The van der Waals surface area contributed by atoms with Gasteiger partial charge in [-0.25, -0.2) is 18.4 Å². The van der Waals surface area contributed by atoms with E-state index in [1.54, 1.807) is 18.5 Å². The number of aromatic nitrogens is 2. The highest BCUT2D eigenvalue weighted by molar-refractivity contribution is 7.93. The summed E-state index contributed by atoms with van der Waals surface area (Å²) in [5, 5.41) is 1.97. The molecule has 0 saturated carbocycles. The van der Waals surface area contributed by atoms with Crippen LogP contribution in [0.25, 0.3) is 0 Å². The number of benzene rings is 1. The van der Waals surface area contributed by atoms with Gasteiger partial charge in [0.25, 0.3) is 10.0 Å². The Morgan fingerprint density at radius 1 is 1.15 bits per heavy atom. The van der Waals surface area contributed by atoms with E-state index in [1.165, 1.54) is 41.8 Å². The molecule has 0 aliphatic heterocycles. The Hall–Kier alpha value is -2.78. The highest BCUT2D eigenvalue weighted by Gasteiger charge is 2.30. The van der Waals surface area contributed by atoms with Crippen molar-refractivity contribution in [1.82, 2.24) is 9.97 Å². The van der Waals surface area contributed by atoms with Crippen LogP contribution in [-0.4, -0.2) is 24.3 Å². The molecule has 0 fully saturated rings. The smallest absolute Gasteiger partial charge is 0.271 e. The quantitative estimate of drug-likeness (QED) is 0.723. The Labute approximate surface area is 155 Å². The molecule has 0 saturated heterocycles. The number of hydrogen-bond acceptors (Lipinski definition) is 6. The van der Waals surface area contributed by atoms with Crippen LogP contribution in [0.3, 0.4) is 0 Å². The van der Waals surface area contributed by atoms with Crippen molar-refractivity contribution in [2.24, 2.45) is 5.73 Å². The number of amides is 1. The average molecular weight is 388 g/mol. The number of sulfonamides is 1. The van der Waals surface area contributed by atoms with E-state index in [0.717, 1.165) is 9.87 Å². The van der Waals surface area contributed by atoms with E-state index < -0.39 is 15.9 Å². The summed E-state index contributed by atoms with van der Waals surface area (Å²) in [5.74, 6) is -0.341. The van der Waals surface area contributed by atoms with E-state index in [2.05, 4.69) is 9.97 Å². The van der Waals surface area contributed by atoms with Gasteiger partial charge < -0.3 is 5.73 Å². The summed E-state index contributed by atoms with van der Waals surface area (Å²) in [5.41, 5.74) is 7.08. The van der Waals surface area contributed by atoms with Crippen LogP contribution in [0.15, 0.2) is 53.0 Å². The molecule has 2 aromatic heterocycles. The molecule has 3 aromatic rings. The summed E-state index contributed by atoms with van der Waals surface area (Å²) in [6.45, 7) is 3.68. The molecule has 0 aliphatic carbocycles. The van der Waals surface area contributed by atoms with Gasteiger partial charge in [-0.1, -0.05) is 6.07 Å². The van der Waals surface area contributed by atoms with Gasteiger partial charge in [-0.05, 0) is 49.2 Å². The van der Waals surface area contributed by atoms with Crippen LogP contribution in [0.2, 0.25) is 0 Å². The third-order valence-electron chi connectivity index (χ3n) is 3.65. The van der Waals surface area contributed by atoms with Crippen LogP contribution >= 0.6 is 11.3 Å². The topological polar surface area (TPSA) is 106 Å². The molecule has 7 nitrogen and oxygen atoms in total. The van der Waals surface area contributed by atoms with Gasteiger partial charge in [0.15, 0.2) is 5.82 Å². The van der Waals surface area contributed by atoms with Crippen molar-refractivity contribution in [3.8, 4) is 0 Å². The molecule has 3 rings (SSSR count). The van der Waals surface area contributed by atoms with Crippen molar-refractivity contribution in [1.29, 1.82) is 0 Å². The lowest BCUT2D eigenvalue weighted by Crippen LogP contribution is -2.28. The van der Waals surface area contributed by atoms with Crippen LogP contribution in [0.5, 0.6) is 0 Å². The fraction of sp³-hybridized carbons (Fsp3) is 0.118. The Morgan fingerprint density at radius 3 is 2.38 bits per heavy atom. The monoisotopic (exact) mass is 388 g/mol. The van der Waals surface area contributed by atoms with E-state index in [-0.39, 0.29) is 21.4 Å². The van der Waals surface area contributed by atoms with E-state index in [4.69, 9.17) is 5.73 Å². The second-order valence-corrected chi connectivity index (χ2v) is 8.29. The summed E-state index contributed by atoms with van der Waals surface area (Å²) in [6, 6.07) is 7.31. The second kappa shape index (κ2) is 6.85. The van der Waals surface area contributed by atoms with Crippen LogP contribution < -0.4 is 10.0 Å². The van der Waals surface area contributed by atoms with Crippen molar-refractivity contribution in [3.05, 3.63) is 64.8 Å². The molecule has 0 atom stereocenters. The number of hydrogen-bond donors (Lipinski definition) is 1. The number of thiazole rings is 1. The number of pyridine rings is 1. The first-order valence-corrected chi connectivity index (χ1v) is 9.90. The normalized spacial score (nSPS) is 11.3. The van der Waals surface area contributed by atoms with Crippen LogP contribution in [0.1, 0.15) is 21.5 Å². The van der Waals surface area contributed by atoms with E-state index >= 15 is 0 Å². The fourth-order valence-electron chi connectivity index (χ4n) is 2.44. The Bertz CT molecular complexity index is 1050. The van der Waals surface area contributed by atoms with Gasteiger partial charge in [0.2, 0.25) is 11.0 Å². The number of rotatable bonds is 5. The number of anilines is 2. The largest absolute Gasteiger partial charge is 0.366 e. The van der Waals surface area contributed by atoms with E-state index in [9.17, 15) is 13.2 Å². The van der Waals surface area contributed by atoms with Crippen molar-refractivity contribution >= 4 is 38.2 Å². The molecule has 26 heavy (non-hydrogen) atoms. The molecule has 1 aromatic carbocycles. The number of aryl methyl sites for hydroxylation is 2. The molecule has 2 N–H and O–H groups in total. The zero-order valence-electron chi connectivity index (χ0n) is 14.1. The maximum absolute atomic E-state index is 13.3. The van der Waals surface area contributed by atoms with Crippen molar-refractivity contribution in [3.63, 3.8) is 0 Å². The predicted molar refractivity (Wildman–Crippen MR) is 100 cm³/mol. The van der Waals surface area contributed by atoms with Gasteiger partial charge in [-0.15, -0.1) is 11.3 Å². The number of carbonyl (C=O) groups excluding carboxylic acids is 1. The first-order valence-electron chi connectivity index (χ1n) is 7.58. The first kappa shape index (κ1) is 18.0. The van der Waals surface area contributed by atoms with Crippen molar-refractivity contribution in [2.75, 3.05) is 4.31 Å². The number of primary amides is 1. The minimum atomic E-state index is -3.99. The maximum atomic E-state index is 13.3. The van der Waals surface area contributed by atoms with Gasteiger partial charge in [0.05, 0.1) is 4.90 Å². The number of nitrogens with zero attached hydrogens (tertiary/aromatic N) is 3. The SMILES string of the molecule is Cc1cnc(N(c2nccs2)S(=O)(=O)c2ccc(C(N)=O)cc2)c(C)c1. The van der Waals surface area contributed by atoms with Crippen molar-refractivity contribution in [2.45, 2.75) is 18.7 Å². The fourth-order valence-corrected chi connectivity index (χ4v) is 4.77. The zero-order chi connectivity index (χ0) is 18.9. The number of nitrogens with two attached hydrogens (primary N) is 1. The van der Waals surface area contributed by atoms with Gasteiger partial charge in [0.1, 0.15) is 0 Å². The van der Waals surface area contributed by atoms with Gasteiger partial charge in [-0.2, -0.15) is 4.31 Å². The zero-order valence-corrected chi connectivity index (χ0v) is 15.7. The predicted octanol–water partition coefficient (Wildman–Crippen LogP) is 2.78. The van der Waals surface area contributed by atoms with Crippen LogP contribution in [0, 0.1) is 13.8 Å². The molecule has 0 unspecified atom stereocenters. The first-order chi connectivity index (χ1) is 12.3. The lowest BCUT2D eigenvalue weighted by atomic mass is 10.2. The van der Waals surface area contributed by atoms with Crippen molar-refractivity contribution < 1.29 is 13.2 Å². The molecule has 9 heteroatoms. The Morgan fingerprint density at radius 2 is 1.85 bits per heavy atom. The minimum Gasteiger partial charge on any atom is -0.366 e. The molecule has 0 radical (unpaired) electrons. The van der Waals surface area contributed by atoms with Gasteiger partial charge in [-0.3, -0.25) is 4.79 Å². The summed E-state index contributed by atoms with van der Waals surface area (Å²) in [6.07, 6.45) is 3.14. The maximum Gasteiger partial charge on any atom is 0.271 e. The summed E-state index contributed by atoms with van der Waals surface area (Å²) in [4.78, 5) is 19.7. The third kappa shape index (κ3) is 3.31. The second-order valence-electron chi connectivity index (χ2n) is 5.63. The molecule has 134 valence electrons. The standard InChI is InChI=1S/C17H16N4O3S2/c1-11-9-12(2)16(20-10-11)21(17-19-7-8-25-17)26(23,24)14-5-3-13(4-6-14)15(18)22/h3-10H,1-2H3,(H2,18,22). The van der Waals surface area contributed by atoms with E-state index in [0.29, 0.717) is 5.56 Å². The van der Waals surface area contributed by atoms with E-state index in [1.807, 2.05) is 13.0 Å². The molecule has 1 amide bonds. The van der Waals surface area contributed by atoms with Gasteiger partial charge >= 0.3 is 0 Å². The summed E-state index contributed by atoms with van der Waals surface area (Å²) < 4.78 is 27.7. The molecule has 0 aliphatic rings. The molecule has 2 heterocycles. The molecule has 0 spiro atoms. The molecular formula is C17H16N4O3S2. The summed E-state index contributed by atoms with van der Waals surface area (Å²) in [7, 11) is -3.99. The average Bonchev–Trinajstić information content (AvgIpc) is 3.11.